The Kier molecular flexibility index (Phi) is 5.97. The van der Waals surface area contributed by atoms with Crippen molar-refractivity contribution in [2.45, 2.75) is 25.8 Å². The highest BCUT2D eigenvalue weighted by Crippen LogP contribution is 2.27. The van der Waals surface area contributed by atoms with E-state index < -0.39 is 0 Å². The first kappa shape index (κ1) is 15.9. The van der Waals surface area contributed by atoms with Crippen molar-refractivity contribution in [2.75, 3.05) is 26.2 Å². The molecule has 2 rings (SSSR count). The Morgan fingerprint density at radius 2 is 2.15 bits per heavy atom. The number of ether oxygens (including phenoxy) is 1. The van der Waals surface area contributed by atoms with Gasteiger partial charge in [-0.15, -0.1) is 0 Å². The van der Waals surface area contributed by atoms with Crippen LogP contribution in [0.15, 0.2) is 18.2 Å². The first-order valence-corrected chi connectivity index (χ1v) is 7.87. The van der Waals surface area contributed by atoms with Gasteiger partial charge in [0.1, 0.15) is 12.4 Å². The zero-order valence-electron chi connectivity index (χ0n) is 11.8. The van der Waals surface area contributed by atoms with Crippen LogP contribution in [0.25, 0.3) is 0 Å². The molecule has 2 unspecified atom stereocenters. The predicted molar refractivity (Wildman–Crippen MR) is 84.8 cm³/mol. The molecule has 20 heavy (non-hydrogen) atoms. The molecule has 0 amide bonds. The summed E-state index contributed by atoms with van der Waals surface area (Å²) in [5, 5.41) is 1.18. The minimum absolute atomic E-state index is 0.559. The molecule has 2 atom stereocenters. The van der Waals surface area contributed by atoms with Gasteiger partial charge in [0.25, 0.3) is 0 Å². The first-order valence-electron chi connectivity index (χ1n) is 7.12. The number of hydrogen-bond donors (Lipinski definition) is 1. The SMILES string of the molecule is CC1CCC(CN)CN1CCOc1ccc(Cl)cc1Cl. The van der Waals surface area contributed by atoms with E-state index in [4.69, 9.17) is 33.7 Å². The summed E-state index contributed by atoms with van der Waals surface area (Å²) in [5.74, 6) is 1.31. The molecule has 0 aliphatic carbocycles. The van der Waals surface area contributed by atoms with E-state index in [9.17, 15) is 0 Å². The number of hydrogen-bond acceptors (Lipinski definition) is 3. The van der Waals surface area contributed by atoms with E-state index in [0.29, 0.717) is 34.4 Å². The van der Waals surface area contributed by atoms with Crippen LogP contribution in [0.3, 0.4) is 0 Å². The second-order valence-electron chi connectivity index (χ2n) is 5.45. The minimum Gasteiger partial charge on any atom is -0.491 e. The molecular weight excluding hydrogens is 295 g/mol. The average molecular weight is 317 g/mol. The molecule has 1 aliphatic heterocycles. The topological polar surface area (TPSA) is 38.5 Å². The summed E-state index contributed by atoms with van der Waals surface area (Å²) in [7, 11) is 0. The van der Waals surface area contributed by atoms with Crippen LogP contribution in [-0.2, 0) is 0 Å². The van der Waals surface area contributed by atoms with E-state index in [-0.39, 0.29) is 0 Å². The minimum atomic E-state index is 0.559. The second kappa shape index (κ2) is 7.51. The van der Waals surface area contributed by atoms with Gasteiger partial charge in [-0.05, 0) is 50.4 Å². The van der Waals surface area contributed by atoms with Crippen LogP contribution in [0.5, 0.6) is 5.75 Å². The predicted octanol–water partition coefficient (Wildman–Crippen LogP) is 3.43. The number of rotatable bonds is 5. The molecule has 1 fully saturated rings. The maximum Gasteiger partial charge on any atom is 0.138 e. The Bertz CT molecular complexity index is 442. The van der Waals surface area contributed by atoms with Crippen molar-refractivity contribution in [2.24, 2.45) is 11.7 Å². The van der Waals surface area contributed by atoms with Gasteiger partial charge in [0, 0.05) is 24.2 Å². The van der Waals surface area contributed by atoms with Crippen molar-refractivity contribution in [3.8, 4) is 5.75 Å². The number of likely N-dealkylation sites (tertiary alicyclic amines) is 1. The average Bonchev–Trinajstić information content (AvgIpc) is 2.43. The Morgan fingerprint density at radius 3 is 2.85 bits per heavy atom. The molecule has 1 aliphatic rings. The quantitative estimate of drug-likeness (QED) is 0.904. The van der Waals surface area contributed by atoms with Crippen molar-refractivity contribution >= 4 is 23.2 Å². The summed E-state index contributed by atoms with van der Waals surface area (Å²) in [6.45, 7) is 5.63. The zero-order chi connectivity index (χ0) is 14.5. The van der Waals surface area contributed by atoms with Gasteiger partial charge >= 0.3 is 0 Å². The molecule has 5 heteroatoms. The maximum atomic E-state index is 6.09. The molecule has 0 radical (unpaired) electrons. The molecule has 0 aromatic heterocycles. The maximum absolute atomic E-state index is 6.09. The lowest BCUT2D eigenvalue weighted by molar-refractivity contribution is 0.102. The lowest BCUT2D eigenvalue weighted by Gasteiger charge is -2.37. The van der Waals surface area contributed by atoms with E-state index in [1.54, 1.807) is 12.1 Å². The van der Waals surface area contributed by atoms with E-state index in [0.717, 1.165) is 19.6 Å². The second-order valence-corrected chi connectivity index (χ2v) is 6.29. The van der Waals surface area contributed by atoms with Gasteiger partial charge < -0.3 is 10.5 Å². The number of nitrogens with two attached hydrogens (primary N) is 1. The van der Waals surface area contributed by atoms with Crippen molar-refractivity contribution in [1.82, 2.24) is 4.90 Å². The summed E-state index contributed by atoms with van der Waals surface area (Å²) in [5.41, 5.74) is 5.78. The Balaban J connectivity index is 1.82. The summed E-state index contributed by atoms with van der Waals surface area (Å²) in [6.07, 6.45) is 2.45. The molecule has 112 valence electrons. The number of halogens is 2. The van der Waals surface area contributed by atoms with Crippen LogP contribution in [-0.4, -0.2) is 37.2 Å². The van der Waals surface area contributed by atoms with Gasteiger partial charge in [0.05, 0.1) is 5.02 Å². The largest absolute Gasteiger partial charge is 0.491 e. The number of nitrogens with zero attached hydrogens (tertiary/aromatic N) is 1. The van der Waals surface area contributed by atoms with Crippen LogP contribution in [0, 0.1) is 5.92 Å². The zero-order valence-corrected chi connectivity index (χ0v) is 13.3. The van der Waals surface area contributed by atoms with Gasteiger partial charge in [0.2, 0.25) is 0 Å². The highest BCUT2D eigenvalue weighted by Gasteiger charge is 2.24. The van der Waals surface area contributed by atoms with Gasteiger partial charge in [-0.25, -0.2) is 0 Å². The number of piperidine rings is 1. The fourth-order valence-electron chi connectivity index (χ4n) is 2.63. The Morgan fingerprint density at radius 1 is 1.35 bits per heavy atom. The van der Waals surface area contributed by atoms with Crippen LogP contribution in [0.2, 0.25) is 10.0 Å². The van der Waals surface area contributed by atoms with Crippen molar-refractivity contribution in [3.63, 3.8) is 0 Å². The molecule has 1 saturated heterocycles. The summed E-state index contributed by atoms with van der Waals surface area (Å²) >= 11 is 11.9. The van der Waals surface area contributed by atoms with Crippen molar-refractivity contribution in [3.05, 3.63) is 28.2 Å². The highest BCUT2D eigenvalue weighted by molar-refractivity contribution is 6.35. The monoisotopic (exact) mass is 316 g/mol. The molecule has 2 N–H and O–H groups in total. The van der Waals surface area contributed by atoms with Crippen LogP contribution < -0.4 is 10.5 Å². The van der Waals surface area contributed by atoms with Gasteiger partial charge in [0.15, 0.2) is 0 Å². The normalized spacial score (nSPS) is 23.8. The van der Waals surface area contributed by atoms with E-state index in [1.165, 1.54) is 12.8 Å². The highest BCUT2D eigenvalue weighted by atomic mass is 35.5. The molecular formula is C15H22Cl2N2O. The van der Waals surface area contributed by atoms with Crippen LogP contribution in [0.4, 0.5) is 0 Å². The molecule has 1 heterocycles. The van der Waals surface area contributed by atoms with E-state index >= 15 is 0 Å². The van der Waals surface area contributed by atoms with E-state index in [2.05, 4.69) is 11.8 Å². The third-order valence-electron chi connectivity index (χ3n) is 3.97. The van der Waals surface area contributed by atoms with Gasteiger partial charge in [-0.3, -0.25) is 4.90 Å². The number of benzene rings is 1. The molecule has 0 spiro atoms. The molecule has 1 aromatic carbocycles. The fourth-order valence-corrected chi connectivity index (χ4v) is 3.09. The molecule has 0 bridgehead atoms. The van der Waals surface area contributed by atoms with Crippen LogP contribution >= 0.6 is 23.2 Å². The Labute approximate surface area is 131 Å². The smallest absolute Gasteiger partial charge is 0.138 e. The van der Waals surface area contributed by atoms with Crippen molar-refractivity contribution < 1.29 is 4.74 Å². The molecule has 0 saturated carbocycles. The van der Waals surface area contributed by atoms with Gasteiger partial charge in [-0.1, -0.05) is 23.2 Å². The third kappa shape index (κ3) is 4.26. The van der Waals surface area contributed by atoms with Gasteiger partial charge in [-0.2, -0.15) is 0 Å². The fraction of sp³-hybridized carbons (Fsp3) is 0.600. The lowest BCUT2D eigenvalue weighted by Crippen LogP contribution is -2.45. The summed E-state index contributed by atoms with van der Waals surface area (Å²) in [4.78, 5) is 2.45. The molecule has 3 nitrogen and oxygen atoms in total. The van der Waals surface area contributed by atoms with Crippen LogP contribution in [0.1, 0.15) is 19.8 Å². The van der Waals surface area contributed by atoms with E-state index in [1.807, 2.05) is 6.07 Å². The first-order chi connectivity index (χ1) is 9.60. The summed E-state index contributed by atoms with van der Waals surface area (Å²) < 4.78 is 5.75. The third-order valence-corrected chi connectivity index (χ3v) is 4.50. The standard InChI is InChI=1S/C15H22Cl2N2O/c1-11-2-3-12(9-18)10-19(11)6-7-20-15-5-4-13(16)8-14(15)17/h4-5,8,11-12H,2-3,6-7,9-10,18H2,1H3. The molecule has 1 aromatic rings. The van der Waals surface area contributed by atoms with Crippen molar-refractivity contribution in [1.29, 1.82) is 0 Å². The lowest BCUT2D eigenvalue weighted by atomic mass is 9.94. The summed E-state index contributed by atoms with van der Waals surface area (Å²) in [6, 6.07) is 5.90. The Hall–Kier alpha value is -0.480.